The molecule has 4 nitrogen and oxygen atoms in total. The van der Waals surface area contributed by atoms with Crippen LogP contribution in [0.15, 0.2) is 45.3 Å². The molecular weight excluding hydrogens is 691 g/mol. The number of allylic oxidation sites excluding steroid dienone is 4. The molecule has 0 amide bonds. The summed E-state index contributed by atoms with van der Waals surface area (Å²) in [5.74, 6) is 3.97. The summed E-state index contributed by atoms with van der Waals surface area (Å²) in [6.07, 6.45) is 18.5. The van der Waals surface area contributed by atoms with Gasteiger partial charge in [-0.1, -0.05) is 64.4 Å². The van der Waals surface area contributed by atoms with Crippen LogP contribution in [0.4, 0.5) is 0 Å². The Morgan fingerprint density at radius 2 is 2.05 bits per heavy atom. The largest absolute Gasteiger partial charge is 0.769 e. The van der Waals surface area contributed by atoms with Gasteiger partial charge in [0.05, 0.1) is 0 Å². The van der Waals surface area contributed by atoms with Crippen molar-refractivity contribution in [2.75, 3.05) is 13.1 Å². The van der Waals surface area contributed by atoms with Crippen LogP contribution in [0.2, 0.25) is 0 Å². The standard InChI is InChI=1S/C20H26N2OS.C14H21N.Ir/c1-11-6-7-15-14-4-3-5-16(18(14)23-20(15)22-11)17-19-13(8-9-21-17)10-12(2)24-19;1-10-4-6-13(7-5-10)14-8-11(2)12(3)9-15-14;/h5,8,12,14-15,17,19-20H,3-4,6-7,9-10H2,1-2H3;8,10-12H,4-6,9H2,1-3H3;/q2*-2;/t12-,14?,15?,17-,19?,20?;10-,11+,12-;/m01./s1/i1D3;;. The van der Waals surface area contributed by atoms with Gasteiger partial charge in [-0.05, 0) is 43.7 Å². The molecule has 0 spiro atoms. The van der Waals surface area contributed by atoms with Crippen LogP contribution in [0.5, 0.6) is 0 Å². The minimum Gasteiger partial charge on any atom is -0.769 e. The molecule has 5 heterocycles. The molecule has 0 aromatic heterocycles. The smallest absolute Gasteiger partial charge is 0.171 e. The van der Waals surface area contributed by atoms with Crippen molar-refractivity contribution in [3.8, 4) is 0 Å². The molecule has 2 fully saturated rings. The summed E-state index contributed by atoms with van der Waals surface area (Å²) >= 11 is 2.04. The van der Waals surface area contributed by atoms with Crippen LogP contribution in [-0.2, 0) is 24.8 Å². The van der Waals surface area contributed by atoms with Gasteiger partial charge in [-0.2, -0.15) is 23.4 Å². The molecular formula is C34H47IrN3OS-4. The van der Waals surface area contributed by atoms with Crippen molar-refractivity contribution in [3.63, 3.8) is 0 Å². The molecule has 223 valence electrons. The van der Waals surface area contributed by atoms with Crippen molar-refractivity contribution in [1.29, 1.82) is 0 Å². The molecule has 0 bridgehead atoms. The van der Waals surface area contributed by atoms with Gasteiger partial charge in [0.25, 0.3) is 0 Å². The molecule has 7 aliphatic rings. The van der Waals surface area contributed by atoms with Crippen LogP contribution >= 0.6 is 11.8 Å². The average molecular weight is 741 g/mol. The summed E-state index contributed by atoms with van der Waals surface area (Å²) in [5.41, 5.74) is 5.78. The van der Waals surface area contributed by atoms with Gasteiger partial charge in [0.1, 0.15) is 0 Å². The number of ether oxygens (including phenoxy) is 1. The van der Waals surface area contributed by atoms with Crippen LogP contribution in [0.3, 0.4) is 0 Å². The Bertz CT molecular complexity index is 1190. The first-order valence-electron chi connectivity index (χ1n) is 16.9. The van der Waals surface area contributed by atoms with Gasteiger partial charge < -0.3 is 21.1 Å². The number of rotatable bonds is 2. The van der Waals surface area contributed by atoms with E-state index in [4.69, 9.17) is 14.2 Å². The van der Waals surface area contributed by atoms with Crippen molar-refractivity contribution in [2.24, 2.45) is 34.6 Å². The fourth-order valence-corrected chi connectivity index (χ4v) is 8.76. The van der Waals surface area contributed by atoms with Crippen molar-refractivity contribution in [1.82, 2.24) is 0 Å². The number of nitrogens with zero attached hydrogens (tertiary/aromatic N) is 3. The normalized spacial score (nSPS) is 41.5. The van der Waals surface area contributed by atoms with Crippen LogP contribution in [0, 0.1) is 42.1 Å². The van der Waals surface area contributed by atoms with E-state index >= 15 is 0 Å². The summed E-state index contributed by atoms with van der Waals surface area (Å²) in [7, 11) is 0. The summed E-state index contributed by atoms with van der Waals surface area (Å²) in [4.78, 5) is 4.53. The van der Waals surface area contributed by atoms with E-state index in [2.05, 4.69) is 62.7 Å². The van der Waals surface area contributed by atoms with Crippen molar-refractivity contribution >= 4 is 17.5 Å². The first kappa shape index (κ1) is 26.7. The van der Waals surface area contributed by atoms with Crippen LogP contribution in [0.1, 0.15) is 90.0 Å². The molecule has 0 N–H and O–H groups in total. The molecule has 7 rings (SSSR count). The van der Waals surface area contributed by atoms with Crippen molar-refractivity contribution < 1.29 is 29.0 Å². The summed E-state index contributed by atoms with van der Waals surface area (Å²) < 4.78 is 29.4. The van der Waals surface area contributed by atoms with E-state index < -0.39 is 6.85 Å². The van der Waals surface area contributed by atoms with E-state index in [1.807, 2.05) is 11.8 Å². The predicted molar refractivity (Wildman–Crippen MR) is 165 cm³/mol. The third-order valence-corrected chi connectivity index (χ3v) is 11.3. The summed E-state index contributed by atoms with van der Waals surface area (Å²) in [5, 5.41) is 10.7. The molecule has 2 saturated heterocycles. The maximum absolute atomic E-state index is 7.68. The minimum absolute atomic E-state index is 0. The van der Waals surface area contributed by atoms with E-state index in [1.54, 1.807) is 5.57 Å². The maximum Gasteiger partial charge on any atom is 0.171 e. The van der Waals surface area contributed by atoms with Crippen LogP contribution in [0.25, 0.3) is 10.6 Å². The van der Waals surface area contributed by atoms with E-state index in [-0.39, 0.29) is 32.4 Å². The van der Waals surface area contributed by atoms with Gasteiger partial charge in [0, 0.05) is 46.3 Å². The molecule has 0 aromatic rings. The molecule has 2 aliphatic carbocycles. The Morgan fingerprint density at radius 1 is 1.18 bits per heavy atom. The second kappa shape index (κ2) is 13.1. The predicted octanol–water partition coefficient (Wildman–Crippen LogP) is 8.74. The fraction of sp³-hybridized carbons (Fsp3) is 0.706. The van der Waals surface area contributed by atoms with E-state index in [0.717, 1.165) is 50.4 Å². The van der Waals surface area contributed by atoms with Gasteiger partial charge in [-0.15, -0.1) is 38.0 Å². The number of aliphatic imine (C=N–C) groups is 1. The molecule has 1 radical (unpaired) electrons. The summed E-state index contributed by atoms with van der Waals surface area (Å²) in [6.45, 7) is 8.88. The van der Waals surface area contributed by atoms with Gasteiger partial charge in [-0.3, -0.25) is 11.1 Å². The van der Waals surface area contributed by atoms with Gasteiger partial charge >= 0.3 is 0 Å². The van der Waals surface area contributed by atoms with Gasteiger partial charge in [0.15, 0.2) is 6.23 Å². The molecule has 0 saturated carbocycles. The Kier molecular flexibility index (Phi) is 8.76. The van der Waals surface area contributed by atoms with Crippen molar-refractivity contribution in [3.05, 3.63) is 63.5 Å². The SMILES string of the molecule is C[C@H]1C[C-]=C(C2=C[C@H](C)[C@H](C)C[N-]2)CC1.[2H]C([2H])([2H])C1=NC2OC3=C([C@@H]4[N-]CC=C5C[C@H](C)SC54)[CH-]CCC3C2CC1.[Ir]. The molecule has 6 heteroatoms. The third-order valence-electron chi connectivity index (χ3n) is 9.85. The molecule has 4 unspecified atom stereocenters. The van der Waals surface area contributed by atoms with E-state index in [9.17, 15) is 0 Å². The first-order valence-corrected chi connectivity index (χ1v) is 16.3. The van der Waals surface area contributed by atoms with E-state index in [0.29, 0.717) is 46.3 Å². The summed E-state index contributed by atoms with van der Waals surface area (Å²) in [6, 6.07) is 0.184. The monoisotopic (exact) mass is 741 g/mol. The van der Waals surface area contributed by atoms with E-state index in [1.165, 1.54) is 36.1 Å². The molecule has 40 heavy (non-hydrogen) atoms. The molecule has 9 atom stereocenters. The Hall–Kier alpha value is -0.941. The zero-order chi connectivity index (χ0) is 29.6. The third kappa shape index (κ3) is 6.36. The second-order valence-corrected chi connectivity index (χ2v) is 14.5. The number of fused-ring (bicyclic) bond motifs is 4. The van der Waals surface area contributed by atoms with Gasteiger partial charge in [-0.25, -0.2) is 12.0 Å². The first-order chi connectivity index (χ1) is 20.1. The van der Waals surface area contributed by atoms with Crippen LogP contribution in [-0.4, -0.2) is 41.6 Å². The minimum atomic E-state index is -2.10. The quantitative estimate of drug-likeness (QED) is 0.210. The Labute approximate surface area is 265 Å². The number of hydrogen-bond acceptors (Lipinski definition) is 3. The van der Waals surface area contributed by atoms with Gasteiger partial charge in [0.2, 0.25) is 0 Å². The van der Waals surface area contributed by atoms with Crippen molar-refractivity contribution in [2.45, 2.75) is 109 Å². The zero-order valence-corrected chi connectivity index (χ0v) is 27.7. The van der Waals surface area contributed by atoms with Crippen LogP contribution < -0.4 is 0 Å². The Morgan fingerprint density at radius 3 is 2.83 bits per heavy atom. The molecule has 5 aliphatic heterocycles. The maximum atomic E-state index is 7.68. The second-order valence-electron chi connectivity index (χ2n) is 12.9. The topological polar surface area (TPSA) is 49.8 Å². The average Bonchev–Trinajstić information content (AvgIpc) is 3.54. The zero-order valence-electron chi connectivity index (χ0n) is 27.5. The molecule has 0 aromatic carbocycles. The number of thioether (sulfide) groups is 1. The fourth-order valence-electron chi connectivity index (χ4n) is 7.22. The Balaban J connectivity index is 0.000000197. The number of hydrogen-bond donors (Lipinski definition) is 0.